The summed E-state index contributed by atoms with van der Waals surface area (Å²) in [5.74, 6) is 0. The zero-order chi connectivity index (χ0) is 11.0. The van der Waals surface area contributed by atoms with Crippen LogP contribution in [0.2, 0.25) is 0 Å². The predicted octanol–water partition coefficient (Wildman–Crippen LogP) is 3.49. The van der Waals surface area contributed by atoms with Gasteiger partial charge in [-0.25, -0.2) is 0 Å². The summed E-state index contributed by atoms with van der Waals surface area (Å²) in [5.41, 5.74) is 1.25. The average molecular weight is 233 g/mol. The number of rotatable bonds is 2. The van der Waals surface area contributed by atoms with Crippen LogP contribution in [-0.2, 0) is 4.74 Å². The molecule has 2 heterocycles. The van der Waals surface area contributed by atoms with E-state index in [4.69, 9.17) is 4.74 Å². The average Bonchev–Trinajstić information content (AvgIpc) is 2.88. The molecule has 2 unspecified atom stereocenters. The number of hydrogen-bond donors (Lipinski definition) is 1. The number of thiophene rings is 1. The van der Waals surface area contributed by atoms with Gasteiger partial charge >= 0.3 is 0 Å². The van der Waals surface area contributed by atoms with Crippen molar-refractivity contribution < 1.29 is 4.74 Å². The fourth-order valence-corrected chi connectivity index (χ4v) is 3.11. The van der Waals surface area contributed by atoms with Gasteiger partial charge in [0.25, 0.3) is 0 Å². The third kappa shape index (κ3) is 1.70. The Hall–Kier alpha value is -1.06. The summed E-state index contributed by atoms with van der Waals surface area (Å²) in [7, 11) is 0. The molecule has 1 aromatic carbocycles. The molecule has 1 aliphatic rings. The van der Waals surface area contributed by atoms with Gasteiger partial charge in [0.05, 0.1) is 17.8 Å². The molecular formula is C13H15NOS. The minimum atomic E-state index is 0.318. The lowest BCUT2D eigenvalue weighted by molar-refractivity contribution is 0.121. The van der Waals surface area contributed by atoms with Crippen molar-refractivity contribution in [1.29, 1.82) is 0 Å². The largest absolute Gasteiger partial charge is 0.378 e. The maximum absolute atomic E-state index is 5.57. The van der Waals surface area contributed by atoms with Gasteiger partial charge in [0, 0.05) is 22.1 Å². The summed E-state index contributed by atoms with van der Waals surface area (Å²) in [4.78, 5) is 0. The molecule has 1 fully saturated rings. The van der Waals surface area contributed by atoms with Gasteiger partial charge in [-0.2, -0.15) is 0 Å². The van der Waals surface area contributed by atoms with Gasteiger partial charge < -0.3 is 10.1 Å². The molecule has 0 aliphatic carbocycles. The fourth-order valence-electron chi connectivity index (χ4n) is 2.21. The molecule has 1 saturated heterocycles. The molecule has 84 valence electrons. The summed E-state index contributed by atoms with van der Waals surface area (Å²) in [6, 6.07) is 8.98. The van der Waals surface area contributed by atoms with E-state index in [9.17, 15) is 0 Å². The summed E-state index contributed by atoms with van der Waals surface area (Å²) in [6.07, 6.45) is 1.42. The van der Waals surface area contributed by atoms with Crippen molar-refractivity contribution in [2.75, 3.05) is 11.9 Å². The second-order valence-electron chi connectivity index (χ2n) is 4.26. The Bertz CT molecular complexity index is 493. The van der Waals surface area contributed by atoms with Crippen molar-refractivity contribution in [2.45, 2.75) is 25.5 Å². The lowest BCUT2D eigenvalue weighted by atomic mass is 10.1. The second kappa shape index (κ2) is 4.07. The smallest absolute Gasteiger partial charge is 0.0748 e. The summed E-state index contributed by atoms with van der Waals surface area (Å²) >= 11 is 1.80. The minimum absolute atomic E-state index is 0.318. The maximum Gasteiger partial charge on any atom is 0.0748 e. The summed E-state index contributed by atoms with van der Waals surface area (Å²) in [6.45, 7) is 3.01. The first kappa shape index (κ1) is 10.1. The van der Waals surface area contributed by atoms with Crippen molar-refractivity contribution in [3.05, 3.63) is 29.6 Å². The molecule has 0 bridgehead atoms. The van der Waals surface area contributed by atoms with Crippen LogP contribution in [0, 0.1) is 0 Å². The van der Waals surface area contributed by atoms with E-state index < -0.39 is 0 Å². The van der Waals surface area contributed by atoms with Crippen LogP contribution >= 0.6 is 11.3 Å². The molecule has 0 spiro atoms. The first-order valence-corrected chi connectivity index (χ1v) is 6.57. The van der Waals surface area contributed by atoms with E-state index in [2.05, 4.69) is 41.9 Å². The molecule has 0 saturated carbocycles. The summed E-state index contributed by atoms with van der Waals surface area (Å²) in [5, 5.41) is 7.13. The van der Waals surface area contributed by atoms with Crippen LogP contribution in [0.15, 0.2) is 29.6 Å². The van der Waals surface area contributed by atoms with Crippen molar-refractivity contribution in [3.8, 4) is 0 Å². The SMILES string of the molecule is CC1OCCC1Nc1csc2ccccc12. The zero-order valence-corrected chi connectivity index (χ0v) is 10.1. The Labute approximate surface area is 99.2 Å². The normalized spacial score (nSPS) is 25.1. The minimum Gasteiger partial charge on any atom is -0.378 e. The lowest BCUT2D eigenvalue weighted by Gasteiger charge is -2.16. The number of fused-ring (bicyclic) bond motifs is 1. The van der Waals surface area contributed by atoms with E-state index in [0.717, 1.165) is 13.0 Å². The highest BCUT2D eigenvalue weighted by atomic mass is 32.1. The van der Waals surface area contributed by atoms with Crippen LogP contribution in [-0.4, -0.2) is 18.8 Å². The zero-order valence-electron chi connectivity index (χ0n) is 9.27. The quantitative estimate of drug-likeness (QED) is 0.857. The highest BCUT2D eigenvalue weighted by Gasteiger charge is 2.24. The van der Waals surface area contributed by atoms with Gasteiger partial charge in [0.2, 0.25) is 0 Å². The fraction of sp³-hybridized carbons (Fsp3) is 0.385. The summed E-state index contributed by atoms with van der Waals surface area (Å²) < 4.78 is 6.91. The highest BCUT2D eigenvalue weighted by Crippen LogP contribution is 2.31. The van der Waals surface area contributed by atoms with Gasteiger partial charge in [0.1, 0.15) is 0 Å². The molecule has 2 nitrogen and oxygen atoms in total. The molecular weight excluding hydrogens is 218 g/mol. The van der Waals surface area contributed by atoms with Gasteiger partial charge in [-0.3, -0.25) is 0 Å². The van der Waals surface area contributed by atoms with E-state index in [-0.39, 0.29) is 0 Å². The molecule has 1 aromatic heterocycles. The Balaban J connectivity index is 1.89. The lowest BCUT2D eigenvalue weighted by Crippen LogP contribution is -2.26. The van der Waals surface area contributed by atoms with E-state index in [1.165, 1.54) is 15.8 Å². The van der Waals surface area contributed by atoms with Crippen molar-refractivity contribution in [1.82, 2.24) is 0 Å². The number of hydrogen-bond acceptors (Lipinski definition) is 3. The first-order chi connectivity index (χ1) is 7.84. The van der Waals surface area contributed by atoms with Crippen LogP contribution in [0.5, 0.6) is 0 Å². The number of ether oxygens (including phenoxy) is 1. The molecule has 16 heavy (non-hydrogen) atoms. The molecule has 0 radical (unpaired) electrons. The van der Waals surface area contributed by atoms with E-state index in [1.54, 1.807) is 11.3 Å². The second-order valence-corrected chi connectivity index (χ2v) is 5.17. The third-order valence-electron chi connectivity index (χ3n) is 3.20. The van der Waals surface area contributed by atoms with Gasteiger partial charge in [-0.15, -0.1) is 11.3 Å². The van der Waals surface area contributed by atoms with E-state index >= 15 is 0 Å². The first-order valence-electron chi connectivity index (χ1n) is 5.69. The molecule has 0 amide bonds. The maximum atomic E-state index is 5.57. The molecule has 3 heteroatoms. The number of benzene rings is 1. The third-order valence-corrected chi connectivity index (χ3v) is 4.16. The molecule has 2 aromatic rings. The predicted molar refractivity (Wildman–Crippen MR) is 69.3 cm³/mol. The highest BCUT2D eigenvalue weighted by molar-refractivity contribution is 7.17. The van der Waals surface area contributed by atoms with Crippen LogP contribution in [0.3, 0.4) is 0 Å². The number of nitrogens with one attached hydrogen (secondary N) is 1. The van der Waals surface area contributed by atoms with Crippen molar-refractivity contribution in [3.63, 3.8) is 0 Å². The number of anilines is 1. The van der Waals surface area contributed by atoms with Gasteiger partial charge in [-0.1, -0.05) is 18.2 Å². The van der Waals surface area contributed by atoms with Crippen LogP contribution in [0.4, 0.5) is 5.69 Å². The van der Waals surface area contributed by atoms with Crippen molar-refractivity contribution in [2.24, 2.45) is 0 Å². The Morgan fingerprint density at radius 3 is 3.06 bits per heavy atom. The van der Waals surface area contributed by atoms with Gasteiger partial charge in [0.15, 0.2) is 0 Å². The van der Waals surface area contributed by atoms with Gasteiger partial charge in [-0.05, 0) is 19.4 Å². The van der Waals surface area contributed by atoms with E-state index in [0.29, 0.717) is 12.1 Å². The molecule has 1 N–H and O–H groups in total. The Kier molecular flexibility index (Phi) is 2.58. The monoisotopic (exact) mass is 233 g/mol. The van der Waals surface area contributed by atoms with E-state index in [1.807, 2.05) is 0 Å². The van der Waals surface area contributed by atoms with Crippen LogP contribution in [0.25, 0.3) is 10.1 Å². The van der Waals surface area contributed by atoms with Crippen LogP contribution in [0.1, 0.15) is 13.3 Å². The van der Waals surface area contributed by atoms with Crippen LogP contribution < -0.4 is 5.32 Å². The van der Waals surface area contributed by atoms with Crippen molar-refractivity contribution >= 4 is 27.1 Å². The standard InChI is InChI=1S/C13H15NOS/c1-9-11(6-7-15-9)14-12-8-16-13-5-3-2-4-10(12)13/h2-5,8-9,11,14H,6-7H2,1H3. The molecule has 1 aliphatic heterocycles. The molecule has 3 rings (SSSR count). The molecule has 2 atom stereocenters. The Morgan fingerprint density at radius 1 is 1.38 bits per heavy atom. The topological polar surface area (TPSA) is 21.3 Å². The Morgan fingerprint density at radius 2 is 2.25 bits per heavy atom.